The third-order valence-electron chi connectivity index (χ3n) is 8.20. The van der Waals surface area contributed by atoms with Crippen molar-refractivity contribution in [1.82, 2.24) is 9.55 Å². The Kier molecular flexibility index (Phi) is 7.48. The zero-order valence-electron chi connectivity index (χ0n) is 22.7. The number of anilines is 1. The Hall–Kier alpha value is -3.84. The van der Waals surface area contributed by atoms with Gasteiger partial charge in [0.05, 0.1) is 24.1 Å². The number of fused-ring (bicyclic) bond motifs is 4. The molecule has 1 spiro atoms. The van der Waals surface area contributed by atoms with Crippen LogP contribution in [0.4, 0.5) is 5.69 Å². The van der Waals surface area contributed by atoms with Crippen LogP contribution in [0.3, 0.4) is 0 Å². The second-order valence-corrected chi connectivity index (χ2v) is 11.6. The van der Waals surface area contributed by atoms with Crippen molar-refractivity contribution in [1.29, 1.82) is 0 Å². The Labute approximate surface area is 238 Å². The normalized spacial score (nSPS) is 14.9. The van der Waals surface area contributed by atoms with E-state index in [0.717, 1.165) is 61.1 Å². The van der Waals surface area contributed by atoms with E-state index in [9.17, 15) is 9.59 Å². The van der Waals surface area contributed by atoms with Crippen molar-refractivity contribution in [2.24, 2.45) is 0 Å². The summed E-state index contributed by atoms with van der Waals surface area (Å²) in [6, 6.07) is 25.8. The molecular weight excluding hydrogens is 518 g/mol. The molecule has 4 aromatic rings. The van der Waals surface area contributed by atoms with Crippen LogP contribution in [0.25, 0.3) is 11.3 Å². The largest absolute Gasteiger partial charge is 0.497 e. The van der Waals surface area contributed by atoms with Crippen LogP contribution in [0.1, 0.15) is 42.4 Å². The third kappa shape index (κ3) is 5.18. The first-order chi connectivity index (χ1) is 19.6. The second kappa shape index (κ2) is 11.3. The Balaban J connectivity index is 1.36. The predicted octanol–water partition coefficient (Wildman–Crippen LogP) is 6.26. The summed E-state index contributed by atoms with van der Waals surface area (Å²) in [5.41, 5.74) is 5.76. The lowest BCUT2D eigenvalue weighted by Crippen LogP contribution is -2.40. The van der Waals surface area contributed by atoms with Crippen molar-refractivity contribution >= 4 is 23.4 Å². The van der Waals surface area contributed by atoms with Crippen molar-refractivity contribution in [3.05, 3.63) is 106 Å². The number of ether oxygens (including phenoxy) is 1. The van der Waals surface area contributed by atoms with Crippen molar-refractivity contribution in [2.45, 2.75) is 55.6 Å². The van der Waals surface area contributed by atoms with Gasteiger partial charge in [-0.3, -0.25) is 14.2 Å². The molecule has 1 heterocycles. The summed E-state index contributed by atoms with van der Waals surface area (Å²) in [5.74, 6) is 0.729. The van der Waals surface area contributed by atoms with E-state index in [1.165, 1.54) is 22.9 Å². The van der Waals surface area contributed by atoms with E-state index in [1.54, 1.807) is 7.11 Å². The Morgan fingerprint density at radius 3 is 2.48 bits per heavy atom. The fourth-order valence-corrected chi connectivity index (χ4v) is 7.06. The van der Waals surface area contributed by atoms with Crippen LogP contribution in [0.15, 0.2) is 88.8 Å². The number of thioether (sulfide) groups is 1. The number of hydrogen-bond acceptors (Lipinski definition) is 5. The predicted molar refractivity (Wildman–Crippen MR) is 160 cm³/mol. The van der Waals surface area contributed by atoms with Crippen LogP contribution in [-0.4, -0.2) is 28.3 Å². The van der Waals surface area contributed by atoms with E-state index in [4.69, 9.17) is 9.72 Å². The highest BCUT2D eigenvalue weighted by molar-refractivity contribution is 7.99. The number of nitrogens with one attached hydrogen (secondary N) is 1. The molecule has 7 heteroatoms. The molecule has 6 nitrogen and oxygen atoms in total. The van der Waals surface area contributed by atoms with Gasteiger partial charge in [-0.2, -0.15) is 0 Å². The van der Waals surface area contributed by atoms with Gasteiger partial charge in [0.25, 0.3) is 5.56 Å². The minimum absolute atomic E-state index is 0.0513. The van der Waals surface area contributed by atoms with Crippen molar-refractivity contribution < 1.29 is 9.53 Å². The van der Waals surface area contributed by atoms with Crippen molar-refractivity contribution in [2.75, 3.05) is 18.2 Å². The number of amides is 1. The first-order valence-electron chi connectivity index (χ1n) is 13.9. The van der Waals surface area contributed by atoms with E-state index in [2.05, 4.69) is 35.6 Å². The average Bonchev–Trinajstić information content (AvgIpc) is 3.44. The van der Waals surface area contributed by atoms with Gasteiger partial charge in [0, 0.05) is 23.2 Å². The maximum Gasteiger partial charge on any atom is 0.258 e. The summed E-state index contributed by atoms with van der Waals surface area (Å²) in [4.78, 5) is 32.5. The molecule has 0 aliphatic heterocycles. The van der Waals surface area contributed by atoms with Gasteiger partial charge >= 0.3 is 0 Å². The van der Waals surface area contributed by atoms with Crippen LogP contribution in [0, 0.1) is 0 Å². The monoisotopic (exact) mass is 551 g/mol. The first-order valence-corrected chi connectivity index (χ1v) is 14.9. The molecule has 1 N–H and O–H groups in total. The molecule has 1 fully saturated rings. The number of aromatic nitrogens is 2. The smallest absolute Gasteiger partial charge is 0.258 e. The average molecular weight is 552 g/mol. The molecule has 0 atom stereocenters. The van der Waals surface area contributed by atoms with Crippen LogP contribution in [0.2, 0.25) is 0 Å². The number of hydrogen-bond donors (Lipinski definition) is 1. The van der Waals surface area contributed by atoms with Crippen molar-refractivity contribution in [3.8, 4) is 17.0 Å². The second-order valence-electron chi connectivity index (χ2n) is 10.7. The number of nitrogens with zero attached hydrogens (tertiary/aromatic N) is 2. The lowest BCUT2D eigenvalue weighted by Gasteiger charge is -2.36. The third-order valence-corrected chi connectivity index (χ3v) is 9.18. The highest BCUT2D eigenvalue weighted by Gasteiger charge is 2.44. The molecule has 2 aliphatic rings. The summed E-state index contributed by atoms with van der Waals surface area (Å²) < 4.78 is 7.03. The van der Waals surface area contributed by atoms with E-state index < -0.39 is 0 Å². The molecule has 1 amide bonds. The Morgan fingerprint density at radius 1 is 1.00 bits per heavy atom. The van der Waals surface area contributed by atoms with Crippen LogP contribution in [-0.2, 0) is 29.6 Å². The topological polar surface area (TPSA) is 73.2 Å². The lowest BCUT2D eigenvalue weighted by atomic mass is 9.68. The van der Waals surface area contributed by atoms with Gasteiger partial charge in [0.15, 0.2) is 5.16 Å². The molecule has 0 saturated heterocycles. The standard InChI is InChI=1S/C33H33N3O3S/c1-39-26-15-13-25(14-16-26)34-28(37)22-40-32-35-30-27-12-6-5-11-24(27)21-33(18-7-8-19-33)29(30)31(38)36(32)20-17-23-9-3-2-4-10-23/h2-6,9-16H,7-8,17-22H2,1H3,(H,34,37). The first kappa shape index (κ1) is 26.4. The van der Waals surface area contributed by atoms with Crippen LogP contribution >= 0.6 is 11.8 Å². The molecule has 0 bridgehead atoms. The van der Waals surface area contributed by atoms with Gasteiger partial charge < -0.3 is 10.1 Å². The van der Waals surface area contributed by atoms with E-state index in [-0.39, 0.29) is 22.6 Å². The SMILES string of the molecule is COc1ccc(NC(=O)CSc2nc3c(c(=O)n2CCc2ccccc2)C2(CCCC2)Cc2ccccc2-3)cc1. The molecule has 0 unspecified atom stereocenters. The molecular formula is C33H33N3O3S. The van der Waals surface area contributed by atoms with E-state index in [1.807, 2.05) is 53.1 Å². The van der Waals surface area contributed by atoms with Gasteiger partial charge in [0.2, 0.25) is 5.91 Å². The van der Waals surface area contributed by atoms with Crippen molar-refractivity contribution in [3.63, 3.8) is 0 Å². The van der Waals surface area contributed by atoms with Gasteiger partial charge in [0.1, 0.15) is 5.75 Å². The maximum atomic E-state index is 14.4. The van der Waals surface area contributed by atoms with Gasteiger partial charge in [-0.25, -0.2) is 4.98 Å². The number of methoxy groups -OCH3 is 1. The van der Waals surface area contributed by atoms with Crippen LogP contribution < -0.4 is 15.6 Å². The summed E-state index contributed by atoms with van der Waals surface area (Å²) in [6.07, 6.45) is 5.90. The highest BCUT2D eigenvalue weighted by Crippen LogP contribution is 2.50. The van der Waals surface area contributed by atoms with Gasteiger partial charge in [-0.05, 0) is 61.1 Å². The lowest BCUT2D eigenvalue weighted by molar-refractivity contribution is -0.113. The Morgan fingerprint density at radius 2 is 1.73 bits per heavy atom. The quantitative estimate of drug-likeness (QED) is 0.207. The molecule has 0 radical (unpaired) electrons. The fourth-order valence-electron chi connectivity index (χ4n) is 6.24. The zero-order valence-corrected chi connectivity index (χ0v) is 23.5. The molecule has 3 aromatic carbocycles. The minimum atomic E-state index is -0.156. The van der Waals surface area contributed by atoms with E-state index in [0.29, 0.717) is 17.4 Å². The Bertz CT molecular complexity index is 1580. The number of carbonyl (C=O) groups excluding carboxylic acids is 1. The summed E-state index contributed by atoms with van der Waals surface area (Å²) >= 11 is 1.32. The number of carbonyl (C=O) groups is 1. The van der Waals surface area contributed by atoms with Gasteiger partial charge in [-0.15, -0.1) is 0 Å². The van der Waals surface area contributed by atoms with E-state index >= 15 is 0 Å². The fraction of sp³-hybridized carbons (Fsp3) is 0.303. The number of rotatable bonds is 8. The number of benzene rings is 3. The molecule has 6 rings (SSSR count). The molecule has 1 saturated carbocycles. The number of aryl methyl sites for hydroxylation is 1. The maximum absolute atomic E-state index is 14.4. The summed E-state index contributed by atoms with van der Waals surface area (Å²) in [5, 5.41) is 3.53. The molecule has 1 aromatic heterocycles. The highest BCUT2D eigenvalue weighted by atomic mass is 32.2. The zero-order chi connectivity index (χ0) is 27.5. The minimum Gasteiger partial charge on any atom is -0.497 e. The summed E-state index contributed by atoms with van der Waals surface area (Å²) in [6.45, 7) is 0.517. The molecule has 204 valence electrons. The van der Waals surface area contributed by atoms with Crippen LogP contribution in [0.5, 0.6) is 5.75 Å². The molecule has 40 heavy (non-hydrogen) atoms. The molecule has 2 aliphatic carbocycles. The summed E-state index contributed by atoms with van der Waals surface area (Å²) in [7, 11) is 1.61. The van der Waals surface area contributed by atoms with Gasteiger partial charge in [-0.1, -0.05) is 79.2 Å².